The molecule has 0 aliphatic heterocycles. The Hall–Kier alpha value is -2.34. The van der Waals surface area contributed by atoms with Gasteiger partial charge in [-0.05, 0) is 11.6 Å². The van der Waals surface area contributed by atoms with Crippen LogP contribution in [0.5, 0.6) is 0 Å². The molecular formula is C13H12N4OS. The van der Waals surface area contributed by atoms with E-state index in [0.717, 1.165) is 11.1 Å². The second kappa shape index (κ2) is 6.01. The van der Waals surface area contributed by atoms with E-state index in [1.807, 2.05) is 12.1 Å². The molecule has 0 fully saturated rings. The van der Waals surface area contributed by atoms with Gasteiger partial charge in [0.1, 0.15) is 4.99 Å². The fourth-order valence-electron chi connectivity index (χ4n) is 1.50. The van der Waals surface area contributed by atoms with Gasteiger partial charge in [0.15, 0.2) is 0 Å². The van der Waals surface area contributed by atoms with E-state index in [9.17, 15) is 4.79 Å². The van der Waals surface area contributed by atoms with Gasteiger partial charge in [-0.2, -0.15) is 0 Å². The molecule has 0 aliphatic rings. The predicted octanol–water partition coefficient (Wildman–Crippen LogP) is 1.29. The third-order valence-corrected chi connectivity index (χ3v) is 2.66. The largest absolute Gasteiger partial charge is 0.389 e. The van der Waals surface area contributed by atoms with E-state index in [4.69, 9.17) is 18.0 Å². The van der Waals surface area contributed by atoms with Crippen molar-refractivity contribution in [3.05, 3.63) is 53.9 Å². The third kappa shape index (κ3) is 3.82. The Balaban J connectivity index is 1.97. The first-order valence-corrected chi connectivity index (χ1v) is 6.01. The molecule has 0 unspecified atom stereocenters. The topological polar surface area (TPSA) is 80.9 Å². The van der Waals surface area contributed by atoms with Gasteiger partial charge in [-0.25, -0.2) is 9.97 Å². The summed E-state index contributed by atoms with van der Waals surface area (Å²) >= 11 is 4.86. The van der Waals surface area contributed by atoms with Crippen LogP contribution in [0, 0.1) is 0 Å². The highest BCUT2D eigenvalue weighted by Gasteiger charge is 2.05. The summed E-state index contributed by atoms with van der Waals surface area (Å²) in [5.41, 5.74) is 7.15. The van der Waals surface area contributed by atoms with Crippen LogP contribution in [0.1, 0.15) is 11.1 Å². The van der Waals surface area contributed by atoms with Crippen LogP contribution in [0.15, 0.2) is 42.7 Å². The number of hydrogen-bond donors (Lipinski definition) is 2. The number of benzene rings is 1. The molecule has 0 bridgehead atoms. The lowest BCUT2D eigenvalue weighted by atomic mass is 10.1. The minimum absolute atomic E-state index is 0.172. The lowest BCUT2D eigenvalue weighted by Gasteiger charge is -2.04. The minimum Gasteiger partial charge on any atom is -0.389 e. The molecule has 2 aromatic rings. The molecule has 0 spiro atoms. The Morgan fingerprint density at radius 3 is 2.42 bits per heavy atom. The van der Waals surface area contributed by atoms with Gasteiger partial charge in [0.2, 0.25) is 11.9 Å². The molecule has 5 nitrogen and oxygen atoms in total. The summed E-state index contributed by atoms with van der Waals surface area (Å²) in [5.74, 6) is 0.126. The van der Waals surface area contributed by atoms with Gasteiger partial charge in [0.25, 0.3) is 0 Å². The zero-order valence-corrected chi connectivity index (χ0v) is 10.9. The minimum atomic E-state index is -0.172. The smallest absolute Gasteiger partial charge is 0.231 e. The van der Waals surface area contributed by atoms with E-state index < -0.39 is 0 Å². The normalized spacial score (nSPS) is 9.89. The van der Waals surface area contributed by atoms with E-state index >= 15 is 0 Å². The third-order valence-electron chi connectivity index (χ3n) is 2.42. The number of aromatic nitrogens is 2. The summed E-state index contributed by atoms with van der Waals surface area (Å²) in [6.45, 7) is 0. The molecule has 0 saturated carbocycles. The molecule has 0 aliphatic carbocycles. The fraction of sp³-hybridized carbons (Fsp3) is 0.0769. The quantitative estimate of drug-likeness (QED) is 0.820. The lowest BCUT2D eigenvalue weighted by molar-refractivity contribution is -0.115. The highest BCUT2D eigenvalue weighted by Crippen LogP contribution is 2.06. The molecule has 1 heterocycles. The zero-order valence-electron chi connectivity index (χ0n) is 10.0. The number of carbonyl (C=O) groups excluding carboxylic acids is 1. The monoisotopic (exact) mass is 272 g/mol. The predicted molar refractivity (Wildman–Crippen MR) is 76.7 cm³/mol. The zero-order chi connectivity index (χ0) is 13.7. The molecule has 0 radical (unpaired) electrons. The van der Waals surface area contributed by atoms with Crippen molar-refractivity contribution in [3.8, 4) is 0 Å². The van der Waals surface area contributed by atoms with Crippen molar-refractivity contribution < 1.29 is 4.79 Å². The molecule has 6 heteroatoms. The Morgan fingerprint density at radius 2 is 1.84 bits per heavy atom. The molecule has 0 saturated heterocycles. The number of anilines is 1. The van der Waals surface area contributed by atoms with E-state index in [2.05, 4.69) is 15.3 Å². The van der Waals surface area contributed by atoms with Crippen molar-refractivity contribution >= 4 is 29.1 Å². The van der Waals surface area contributed by atoms with Gasteiger partial charge in [-0.3, -0.25) is 10.1 Å². The first-order valence-electron chi connectivity index (χ1n) is 5.61. The highest BCUT2D eigenvalue weighted by atomic mass is 32.1. The molecular weight excluding hydrogens is 260 g/mol. The average molecular weight is 272 g/mol. The Morgan fingerprint density at radius 1 is 1.21 bits per heavy atom. The van der Waals surface area contributed by atoms with Crippen molar-refractivity contribution in [2.24, 2.45) is 5.73 Å². The molecule has 1 aromatic heterocycles. The van der Waals surface area contributed by atoms with Crippen LogP contribution in [0.2, 0.25) is 0 Å². The van der Waals surface area contributed by atoms with Crippen molar-refractivity contribution in [1.29, 1.82) is 0 Å². The lowest BCUT2D eigenvalue weighted by Crippen LogP contribution is -2.16. The van der Waals surface area contributed by atoms with E-state index in [-0.39, 0.29) is 12.3 Å². The Labute approximate surface area is 115 Å². The van der Waals surface area contributed by atoms with E-state index in [1.165, 1.54) is 0 Å². The standard InChI is InChI=1S/C13H12N4OS/c14-12(19)10-4-2-9(3-5-10)8-11(18)17-13-15-6-1-7-16-13/h1-7H,8H2,(H2,14,19)(H,15,16,17,18). The number of nitrogens with one attached hydrogen (secondary N) is 1. The molecule has 96 valence electrons. The van der Waals surface area contributed by atoms with Crippen LogP contribution < -0.4 is 11.1 Å². The van der Waals surface area contributed by atoms with Crippen molar-refractivity contribution in [2.45, 2.75) is 6.42 Å². The summed E-state index contributed by atoms with van der Waals surface area (Å²) in [5, 5.41) is 2.62. The van der Waals surface area contributed by atoms with Crippen molar-refractivity contribution in [1.82, 2.24) is 9.97 Å². The number of thiocarbonyl (C=S) groups is 1. The molecule has 2 rings (SSSR count). The van der Waals surface area contributed by atoms with Gasteiger partial charge < -0.3 is 5.73 Å². The number of rotatable bonds is 4. The van der Waals surface area contributed by atoms with Gasteiger partial charge in [0, 0.05) is 18.0 Å². The maximum atomic E-state index is 11.8. The van der Waals surface area contributed by atoms with Gasteiger partial charge in [-0.15, -0.1) is 0 Å². The second-order valence-electron chi connectivity index (χ2n) is 3.86. The average Bonchev–Trinajstić information content (AvgIpc) is 2.40. The summed E-state index contributed by atoms with van der Waals surface area (Å²) in [4.78, 5) is 19.9. The molecule has 1 aromatic carbocycles. The van der Waals surface area contributed by atoms with Gasteiger partial charge in [0.05, 0.1) is 6.42 Å². The molecule has 0 atom stereocenters. The first kappa shape index (κ1) is 13.1. The summed E-state index contributed by atoms with van der Waals surface area (Å²) in [6.07, 6.45) is 3.38. The molecule has 3 N–H and O–H groups in total. The molecule has 1 amide bonds. The summed E-state index contributed by atoms with van der Waals surface area (Å²) < 4.78 is 0. The second-order valence-corrected chi connectivity index (χ2v) is 4.30. The van der Waals surface area contributed by atoms with Crippen LogP contribution in [-0.2, 0) is 11.2 Å². The number of amides is 1. The first-order chi connectivity index (χ1) is 9.15. The Bertz CT molecular complexity index is 583. The van der Waals surface area contributed by atoms with Crippen molar-refractivity contribution in [3.63, 3.8) is 0 Å². The van der Waals surface area contributed by atoms with Crippen LogP contribution in [-0.4, -0.2) is 20.9 Å². The van der Waals surface area contributed by atoms with Gasteiger partial charge in [-0.1, -0.05) is 36.5 Å². The van der Waals surface area contributed by atoms with Gasteiger partial charge >= 0.3 is 0 Å². The SMILES string of the molecule is NC(=S)c1ccc(CC(=O)Nc2ncccn2)cc1. The number of nitrogens with zero attached hydrogens (tertiary/aromatic N) is 2. The van der Waals surface area contributed by atoms with Crippen LogP contribution >= 0.6 is 12.2 Å². The maximum Gasteiger partial charge on any atom is 0.231 e. The number of carbonyl (C=O) groups is 1. The van der Waals surface area contributed by atoms with Crippen LogP contribution in [0.25, 0.3) is 0 Å². The van der Waals surface area contributed by atoms with Crippen LogP contribution in [0.4, 0.5) is 5.95 Å². The van der Waals surface area contributed by atoms with Crippen molar-refractivity contribution in [2.75, 3.05) is 5.32 Å². The maximum absolute atomic E-state index is 11.8. The number of hydrogen-bond acceptors (Lipinski definition) is 4. The summed E-state index contributed by atoms with van der Waals surface area (Å²) in [7, 11) is 0. The van der Waals surface area contributed by atoms with E-state index in [0.29, 0.717) is 10.9 Å². The van der Waals surface area contributed by atoms with E-state index in [1.54, 1.807) is 30.6 Å². The summed E-state index contributed by atoms with van der Waals surface area (Å²) in [6, 6.07) is 8.91. The van der Waals surface area contributed by atoms with Crippen LogP contribution in [0.3, 0.4) is 0 Å². The fourth-order valence-corrected chi connectivity index (χ4v) is 1.64. The number of nitrogens with two attached hydrogens (primary N) is 1. The Kier molecular flexibility index (Phi) is 4.15. The highest BCUT2D eigenvalue weighted by molar-refractivity contribution is 7.80. The molecule has 19 heavy (non-hydrogen) atoms.